The molecule has 116 valence electrons. The third-order valence-electron chi connectivity index (χ3n) is 1.92. The van der Waals surface area contributed by atoms with E-state index in [1.54, 1.807) is 0 Å². The van der Waals surface area contributed by atoms with Crippen LogP contribution < -0.4 is 0 Å². The highest BCUT2D eigenvalue weighted by atomic mass is 32.2. The van der Waals surface area contributed by atoms with Crippen LogP contribution in [0.5, 0.6) is 0 Å². The van der Waals surface area contributed by atoms with Gasteiger partial charge in [0, 0.05) is 12.5 Å². The van der Waals surface area contributed by atoms with E-state index in [2.05, 4.69) is 4.74 Å². The van der Waals surface area contributed by atoms with Gasteiger partial charge in [-0.15, -0.1) is 0 Å². The van der Waals surface area contributed by atoms with Crippen molar-refractivity contribution in [3.63, 3.8) is 0 Å². The second kappa shape index (κ2) is 5.99. The minimum Gasteiger partial charge on any atom is -0.384 e. The topological polar surface area (TPSA) is 172 Å². The average Bonchev–Trinajstić information content (AvgIpc) is 1.90. The van der Waals surface area contributed by atoms with Crippen molar-refractivity contribution in [2.24, 2.45) is 5.41 Å². The SMILES string of the molecule is COCC(CS(=O)(=O)O)(CS(=O)(=O)O)CS(=O)(=O)O. The molecule has 3 N–H and O–H groups in total. The van der Waals surface area contributed by atoms with Crippen molar-refractivity contribution < 1.29 is 43.6 Å². The molecule has 0 bridgehead atoms. The van der Waals surface area contributed by atoms with E-state index in [1.165, 1.54) is 0 Å². The molecule has 0 aromatic rings. The molecule has 0 saturated heterocycles. The first-order valence-electron chi connectivity index (χ1n) is 4.52. The van der Waals surface area contributed by atoms with Crippen molar-refractivity contribution >= 4 is 30.4 Å². The Labute approximate surface area is 111 Å². The zero-order chi connectivity index (χ0) is 15.5. The fourth-order valence-corrected chi connectivity index (χ4v) is 5.29. The molecule has 0 fully saturated rings. The van der Waals surface area contributed by atoms with Gasteiger partial charge >= 0.3 is 0 Å². The standard InChI is InChI=1S/C6H14O10S3/c1-16-2-6(3-17(7,8)9,4-18(10,11)12)5-19(13,14)15/h2-5H2,1H3,(H,7,8,9)(H,10,11,12)(H,13,14,15). The van der Waals surface area contributed by atoms with Crippen LogP contribution in [0.4, 0.5) is 0 Å². The van der Waals surface area contributed by atoms with Gasteiger partial charge in [-0.25, -0.2) is 0 Å². The molecule has 0 heterocycles. The Kier molecular flexibility index (Phi) is 5.89. The fourth-order valence-electron chi connectivity index (χ4n) is 1.72. The molecule has 0 atom stereocenters. The van der Waals surface area contributed by atoms with Crippen LogP contribution >= 0.6 is 0 Å². The van der Waals surface area contributed by atoms with Gasteiger partial charge in [-0.2, -0.15) is 25.3 Å². The van der Waals surface area contributed by atoms with Crippen LogP contribution in [0.1, 0.15) is 0 Å². The summed E-state index contributed by atoms with van der Waals surface area (Å²) in [6, 6.07) is 0. The molecule has 0 amide bonds. The molecule has 0 rings (SSSR count). The van der Waals surface area contributed by atoms with Gasteiger partial charge in [0.1, 0.15) is 0 Å². The molecule has 0 unspecified atom stereocenters. The summed E-state index contributed by atoms with van der Waals surface area (Å²) in [5, 5.41) is 0. The average molecular weight is 342 g/mol. The number of hydrogen-bond acceptors (Lipinski definition) is 7. The van der Waals surface area contributed by atoms with E-state index >= 15 is 0 Å². The minimum atomic E-state index is -4.78. The largest absolute Gasteiger partial charge is 0.384 e. The van der Waals surface area contributed by atoms with E-state index in [1.807, 2.05) is 0 Å². The molecule has 0 radical (unpaired) electrons. The molecule has 13 heteroatoms. The lowest BCUT2D eigenvalue weighted by atomic mass is 9.97. The predicted octanol–water partition coefficient (Wildman–Crippen LogP) is -1.72. The van der Waals surface area contributed by atoms with Crippen molar-refractivity contribution in [1.82, 2.24) is 0 Å². The van der Waals surface area contributed by atoms with Gasteiger partial charge in [0.05, 0.1) is 23.9 Å². The Morgan fingerprint density at radius 1 is 0.789 bits per heavy atom. The summed E-state index contributed by atoms with van der Waals surface area (Å²) < 4.78 is 95.8. The molecule has 0 aromatic carbocycles. The first-order valence-corrected chi connectivity index (χ1v) is 9.35. The van der Waals surface area contributed by atoms with Crippen LogP contribution in [0, 0.1) is 5.41 Å². The molecule has 0 aromatic heterocycles. The van der Waals surface area contributed by atoms with Crippen LogP contribution in [-0.2, 0) is 35.1 Å². The van der Waals surface area contributed by atoms with Crippen LogP contribution in [0.3, 0.4) is 0 Å². The first-order chi connectivity index (χ1) is 8.18. The highest BCUT2D eigenvalue weighted by Crippen LogP contribution is 2.24. The third kappa shape index (κ3) is 9.26. The first kappa shape index (κ1) is 18.7. The second-order valence-corrected chi connectivity index (χ2v) is 8.47. The summed E-state index contributed by atoms with van der Waals surface area (Å²) in [5.41, 5.74) is -2.23. The van der Waals surface area contributed by atoms with Crippen molar-refractivity contribution in [2.45, 2.75) is 0 Å². The number of hydrogen-bond donors (Lipinski definition) is 3. The third-order valence-corrected chi connectivity index (χ3v) is 4.85. The predicted molar refractivity (Wildman–Crippen MR) is 63.6 cm³/mol. The van der Waals surface area contributed by atoms with E-state index in [0.29, 0.717) is 0 Å². The maximum atomic E-state index is 10.8. The monoisotopic (exact) mass is 342 g/mol. The Hall–Kier alpha value is -0.310. The molecular formula is C6H14O10S3. The lowest BCUT2D eigenvalue weighted by Crippen LogP contribution is -2.45. The van der Waals surface area contributed by atoms with Gasteiger partial charge in [-0.05, 0) is 0 Å². The summed E-state index contributed by atoms with van der Waals surface area (Å²) in [5.74, 6) is -3.98. The zero-order valence-corrected chi connectivity index (χ0v) is 12.2. The summed E-state index contributed by atoms with van der Waals surface area (Å²) in [6.07, 6.45) is 0. The number of ether oxygens (including phenoxy) is 1. The Morgan fingerprint density at radius 2 is 1.05 bits per heavy atom. The van der Waals surface area contributed by atoms with Crippen LogP contribution in [0.25, 0.3) is 0 Å². The Bertz CT molecular complexity index is 514. The lowest BCUT2D eigenvalue weighted by Gasteiger charge is -2.28. The van der Waals surface area contributed by atoms with Crippen LogP contribution in [0.2, 0.25) is 0 Å². The molecule has 0 spiro atoms. The van der Waals surface area contributed by atoms with Crippen molar-refractivity contribution in [1.29, 1.82) is 0 Å². The van der Waals surface area contributed by atoms with E-state index in [4.69, 9.17) is 13.7 Å². The van der Waals surface area contributed by atoms with Crippen LogP contribution in [0.15, 0.2) is 0 Å². The molecule has 0 saturated carbocycles. The van der Waals surface area contributed by atoms with E-state index in [0.717, 1.165) is 7.11 Å². The maximum Gasteiger partial charge on any atom is 0.265 e. The van der Waals surface area contributed by atoms with Crippen molar-refractivity contribution in [3.8, 4) is 0 Å². The lowest BCUT2D eigenvalue weighted by molar-refractivity contribution is 0.118. The maximum absolute atomic E-state index is 10.8. The smallest absolute Gasteiger partial charge is 0.265 e. The van der Waals surface area contributed by atoms with Gasteiger partial charge in [-0.3, -0.25) is 13.7 Å². The molecule has 19 heavy (non-hydrogen) atoms. The van der Waals surface area contributed by atoms with Crippen molar-refractivity contribution in [2.75, 3.05) is 31.0 Å². The van der Waals surface area contributed by atoms with E-state index < -0.39 is 59.6 Å². The van der Waals surface area contributed by atoms with Gasteiger partial charge in [0.25, 0.3) is 30.4 Å². The summed E-state index contributed by atoms with van der Waals surface area (Å²) in [7, 11) is -13.3. The Morgan fingerprint density at radius 3 is 1.21 bits per heavy atom. The highest BCUT2D eigenvalue weighted by Gasteiger charge is 2.42. The normalized spacial score (nSPS) is 14.5. The summed E-state index contributed by atoms with van der Waals surface area (Å²) in [6.45, 7) is -0.744. The highest BCUT2D eigenvalue weighted by molar-refractivity contribution is 7.87. The Balaban J connectivity index is 5.73. The minimum absolute atomic E-state index is 0.744. The van der Waals surface area contributed by atoms with Gasteiger partial charge in [0.15, 0.2) is 0 Å². The molecule has 0 aliphatic rings. The van der Waals surface area contributed by atoms with Gasteiger partial charge < -0.3 is 4.74 Å². The number of methoxy groups -OCH3 is 1. The summed E-state index contributed by atoms with van der Waals surface area (Å²) >= 11 is 0. The van der Waals surface area contributed by atoms with E-state index in [9.17, 15) is 25.3 Å². The summed E-state index contributed by atoms with van der Waals surface area (Å²) in [4.78, 5) is 0. The van der Waals surface area contributed by atoms with E-state index in [-0.39, 0.29) is 0 Å². The number of rotatable bonds is 8. The fraction of sp³-hybridized carbons (Fsp3) is 1.00. The zero-order valence-electron chi connectivity index (χ0n) is 9.75. The quantitative estimate of drug-likeness (QED) is 0.431. The van der Waals surface area contributed by atoms with Gasteiger partial charge in [-0.1, -0.05) is 0 Å². The van der Waals surface area contributed by atoms with Gasteiger partial charge in [0.2, 0.25) is 0 Å². The molecule has 10 nitrogen and oxygen atoms in total. The molecular weight excluding hydrogens is 328 g/mol. The molecule has 0 aliphatic carbocycles. The molecule has 0 aliphatic heterocycles. The van der Waals surface area contributed by atoms with Crippen LogP contribution in [-0.4, -0.2) is 69.9 Å². The van der Waals surface area contributed by atoms with Crippen molar-refractivity contribution in [3.05, 3.63) is 0 Å². The second-order valence-electron chi connectivity index (χ2n) is 4.11.